The molecule has 0 amide bonds. The van der Waals surface area contributed by atoms with Crippen LogP contribution in [0.3, 0.4) is 0 Å². The molecular weight excluding hydrogens is 286 g/mol. The second-order valence-electron chi connectivity index (χ2n) is 4.53. The standard InChI is InChI=1S/C16H17NO3S/c1-2-3-12-20-14-6-10-16(11-7-14)21-15-8-4-13(5-9-15)17(18)19/h4-11H,2-3,12H2,1H3. The van der Waals surface area contributed by atoms with E-state index in [1.165, 1.54) is 12.1 Å². The predicted octanol–water partition coefficient (Wildman–Crippen LogP) is 4.92. The molecule has 0 aliphatic carbocycles. The van der Waals surface area contributed by atoms with E-state index in [0.29, 0.717) is 0 Å². The minimum absolute atomic E-state index is 0.110. The summed E-state index contributed by atoms with van der Waals surface area (Å²) >= 11 is 1.57. The van der Waals surface area contributed by atoms with Crippen molar-refractivity contribution in [3.63, 3.8) is 0 Å². The molecule has 0 spiro atoms. The molecule has 0 saturated carbocycles. The summed E-state index contributed by atoms with van der Waals surface area (Å²) in [6.45, 7) is 2.87. The van der Waals surface area contributed by atoms with Gasteiger partial charge in [-0.15, -0.1) is 0 Å². The number of nitro groups is 1. The van der Waals surface area contributed by atoms with Crippen molar-refractivity contribution in [2.45, 2.75) is 29.6 Å². The van der Waals surface area contributed by atoms with E-state index in [1.807, 2.05) is 24.3 Å². The molecule has 21 heavy (non-hydrogen) atoms. The van der Waals surface area contributed by atoms with Crippen molar-refractivity contribution in [3.8, 4) is 5.75 Å². The Labute approximate surface area is 128 Å². The monoisotopic (exact) mass is 303 g/mol. The molecule has 0 aromatic heterocycles. The second kappa shape index (κ2) is 7.69. The number of non-ortho nitro benzene ring substituents is 1. The van der Waals surface area contributed by atoms with Crippen LogP contribution in [-0.2, 0) is 0 Å². The molecule has 0 bridgehead atoms. The Morgan fingerprint density at radius 3 is 2.14 bits per heavy atom. The molecule has 110 valence electrons. The van der Waals surface area contributed by atoms with Crippen LogP contribution in [0.15, 0.2) is 58.3 Å². The van der Waals surface area contributed by atoms with E-state index in [2.05, 4.69) is 6.92 Å². The predicted molar refractivity (Wildman–Crippen MR) is 84.1 cm³/mol. The highest BCUT2D eigenvalue weighted by Gasteiger charge is 2.05. The third-order valence-electron chi connectivity index (χ3n) is 2.87. The lowest BCUT2D eigenvalue weighted by Gasteiger charge is -2.06. The second-order valence-corrected chi connectivity index (χ2v) is 5.67. The zero-order valence-electron chi connectivity index (χ0n) is 11.8. The first-order chi connectivity index (χ1) is 10.2. The fourth-order valence-corrected chi connectivity index (χ4v) is 2.53. The molecule has 0 saturated heterocycles. The van der Waals surface area contributed by atoms with Gasteiger partial charge in [-0.1, -0.05) is 25.1 Å². The minimum Gasteiger partial charge on any atom is -0.494 e. The van der Waals surface area contributed by atoms with Crippen molar-refractivity contribution in [2.24, 2.45) is 0 Å². The molecule has 4 nitrogen and oxygen atoms in total. The van der Waals surface area contributed by atoms with Crippen LogP contribution >= 0.6 is 11.8 Å². The van der Waals surface area contributed by atoms with Gasteiger partial charge in [-0.2, -0.15) is 0 Å². The minimum atomic E-state index is -0.392. The average molecular weight is 303 g/mol. The molecule has 0 N–H and O–H groups in total. The van der Waals surface area contributed by atoms with Gasteiger partial charge in [0.25, 0.3) is 5.69 Å². The number of nitro benzene ring substituents is 1. The maximum atomic E-state index is 10.6. The summed E-state index contributed by atoms with van der Waals surface area (Å²) in [6, 6.07) is 14.4. The Hall–Kier alpha value is -2.01. The Kier molecular flexibility index (Phi) is 5.63. The van der Waals surface area contributed by atoms with Crippen molar-refractivity contribution >= 4 is 17.4 Å². The number of ether oxygens (including phenoxy) is 1. The molecule has 2 aromatic carbocycles. The van der Waals surface area contributed by atoms with Crippen molar-refractivity contribution in [1.82, 2.24) is 0 Å². The number of hydrogen-bond donors (Lipinski definition) is 0. The highest BCUT2D eigenvalue weighted by Crippen LogP contribution is 2.30. The van der Waals surface area contributed by atoms with E-state index in [0.717, 1.165) is 35.0 Å². The molecule has 5 heteroatoms. The molecule has 0 fully saturated rings. The summed E-state index contributed by atoms with van der Waals surface area (Å²) < 4.78 is 5.61. The normalized spacial score (nSPS) is 10.3. The Balaban J connectivity index is 1.94. The van der Waals surface area contributed by atoms with Crippen LogP contribution < -0.4 is 4.74 Å². The van der Waals surface area contributed by atoms with Crippen molar-refractivity contribution < 1.29 is 9.66 Å². The third-order valence-corrected chi connectivity index (χ3v) is 3.89. The van der Waals surface area contributed by atoms with Gasteiger partial charge < -0.3 is 4.74 Å². The van der Waals surface area contributed by atoms with Crippen molar-refractivity contribution in [3.05, 3.63) is 58.6 Å². The van der Waals surface area contributed by atoms with Gasteiger partial charge in [0.1, 0.15) is 5.75 Å². The summed E-state index contributed by atoms with van der Waals surface area (Å²) in [5.41, 5.74) is 0.110. The number of benzene rings is 2. The lowest BCUT2D eigenvalue weighted by atomic mass is 10.3. The van der Waals surface area contributed by atoms with Crippen LogP contribution in [0.4, 0.5) is 5.69 Å². The molecular formula is C16H17NO3S. The summed E-state index contributed by atoms with van der Waals surface area (Å²) in [4.78, 5) is 12.3. The quantitative estimate of drug-likeness (QED) is 0.413. The van der Waals surface area contributed by atoms with E-state index in [-0.39, 0.29) is 5.69 Å². The smallest absolute Gasteiger partial charge is 0.269 e. The molecule has 2 aromatic rings. The summed E-state index contributed by atoms with van der Waals surface area (Å²) in [5, 5.41) is 10.6. The van der Waals surface area contributed by atoms with Gasteiger partial charge in [0, 0.05) is 21.9 Å². The highest BCUT2D eigenvalue weighted by molar-refractivity contribution is 7.99. The van der Waals surface area contributed by atoms with E-state index >= 15 is 0 Å². The number of rotatable bonds is 7. The van der Waals surface area contributed by atoms with Gasteiger partial charge in [0.15, 0.2) is 0 Å². The van der Waals surface area contributed by atoms with Crippen LogP contribution in [0.1, 0.15) is 19.8 Å². The van der Waals surface area contributed by atoms with E-state index in [1.54, 1.807) is 23.9 Å². The van der Waals surface area contributed by atoms with E-state index in [9.17, 15) is 10.1 Å². The molecule has 0 atom stereocenters. The Bertz CT molecular complexity index is 581. The zero-order chi connectivity index (χ0) is 15.1. The van der Waals surface area contributed by atoms with Gasteiger partial charge >= 0.3 is 0 Å². The summed E-state index contributed by atoms with van der Waals surface area (Å²) in [6.07, 6.45) is 2.17. The first kappa shape index (κ1) is 15.4. The first-order valence-corrected chi connectivity index (χ1v) is 7.66. The average Bonchev–Trinajstić information content (AvgIpc) is 2.50. The van der Waals surface area contributed by atoms with Crippen LogP contribution in [0.5, 0.6) is 5.75 Å². The number of unbranched alkanes of at least 4 members (excludes halogenated alkanes) is 1. The van der Waals surface area contributed by atoms with Crippen LogP contribution in [0.25, 0.3) is 0 Å². The van der Waals surface area contributed by atoms with E-state index in [4.69, 9.17) is 4.74 Å². The Morgan fingerprint density at radius 2 is 1.62 bits per heavy atom. The van der Waals surface area contributed by atoms with Gasteiger partial charge in [-0.3, -0.25) is 10.1 Å². The van der Waals surface area contributed by atoms with Gasteiger partial charge in [-0.05, 0) is 42.8 Å². The number of hydrogen-bond acceptors (Lipinski definition) is 4. The largest absolute Gasteiger partial charge is 0.494 e. The lowest BCUT2D eigenvalue weighted by molar-refractivity contribution is -0.384. The van der Waals surface area contributed by atoms with Crippen LogP contribution in [0.2, 0.25) is 0 Å². The zero-order valence-corrected chi connectivity index (χ0v) is 12.6. The van der Waals surface area contributed by atoms with Gasteiger partial charge in [0.2, 0.25) is 0 Å². The topological polar surface area (TPSA) is 52.4 Å². The van der Waals surface area contributed by atoms with Gasteiger partial charge in [0.05, 0.1) is 11.5 Å². The fraction of sp³-hybridized carbons (Fsp3) is 0.250. The van der Waals surface area contributed by atoms with Crippen molar-refractivity contribution in [2.75, 3.05) is 6.61 Å². The van der Waals surface area contributed by atoms with Crippen LogP contribution in [-0.4, -0.2) is 11.5 Å². The maximum Gasteiger partial charge on any atom is 0.269 e. The fourth-order valence-electron chi connectivity index (χ4n) is 1.71. The summed E-state index contributed by atoms with van der Waals surface area (Å²) in [5.74, 6) is 0.872. The maximum absolute atomic E-state index is 10.6. The Morgan fingerprint density at radius 1 is 1.05 bits per heavy atom. The van der Waals surface area contributed by atoms with Crippen LogP contribution in [0, 0.1) is 10.1 Å². The lowest BCUT2D eigenvalue weighted by Crippen LogP contribution is -1.95. The highest BCUT2D eigenvalue weighted by atomic mass is 32.2. The molecule has 0 radical (unpaired) electrons. The molecule has 2 rings (SSSR count). The molecule has 0 aliphatic heterocycles. The molecule has 0 heterocycles. The molecule has 0 unspecified atom stereocenters. The van der Waals surface area contributed by atoms with E-state index < -0.39 is 4.92 Å². The summed E-state index contributed by atoms with van der Waals surface area (Å²) in [7, 11) is 0. The SMILES string of the molecule is CCCCOc1ccc(Sc2ccc([N+](=O)[O-])cc2)cc1. The number of nitrogens with zero attached hydrogens (tertiary/aromatic N) is 1. The van der Waals surface area contributed by atoms with Gasteiger partial charge in [-0.25, -0.2) is 0 Å². The molecule has 0 aliphatic rings. The third kappa shape index (κ3) is 4.79. The van der Waals surface area contributed by atoms with Crippen molar-refractivity contribution in [1.29, 1.82) is 0 Å². The first-order valence-electron chi connectivity index (χ1n) is 6.84.